The van der Waals surface area contributed by atoms with Gasteiger partial charge in [-0.2, -0.15) is 0 Å². The van der Waals surface area contributed by atoms with E-state index in [0.29, 0.717) is 39.3 Å². The molecule has 3 aromatic heterocycles. The molecule has 142 valence electrons. The Morgan fingerprint density at radius 1 is 1.18 bits per heavy atom. The van der Waals surface area contributed by atoms with E-state index in [2.05, 4.69) is 25.3 Å². The van der Waals surface area contributed by atoms with Crippen molar-refractivity contribution in [3.63, 3.8) is 0 Å². The molecule has 4 aromatic rings. The van der Waals surface area contributed by atoms with E-state index in [0.717, 1.165) is 10.4 Å². The Morgan fingerprint density at radius 2 is 2.04 bits per heavy atom. The average Bonchev–Trinajstić information content (AvgIpc) is 3.06. The van der Waals surface area contributed by atoms with Gasteiger partial charge in [0.1, 0.15) is 23.0 Å². The predicted octanol–water partition coefficient (Wildman–Crippen LogP) is 4.75. The molecule has 0 aliphatic heterocycles. The van der Waals surface area contributed by atoms with Gasteiger partial charge in [0.25, 0.3) is 0 Å². The summed E-state index contributed by atoms with van der Waals surface area (Å²) in [4.78, 5) is 19.5. The molecule has 0 saturated heterocycles. The van der Waals surface area contributed by atoms with Gasteiger partial charge in [-0.25, -0.2) is 24.3 Å². The number of nitrogens with zero attached hydrogens (tertiary/aromatic N) is 5. The first-order chi connectivity index (χ1) is 13.5. The second-order valence-electron chi connectivity index (χ2n) is 6.38. The SMILES string of the molecule is CN(C)Cc1cc(Nc2nccc3nc(-c4c(F)cccc4Cl)sc23)ncn1. The third-order valence-electron chi connectivity index (χ3n) is 3.93. The minimum Gasteiger partial charge on any atom is -0.324 e. The molecular weight excluding hydrogens is 399 g/mol. The number of halogens is 2. The van der Waals surface area contributed by atoms with E-state index in [9.17, 15) is 4.39 Å². The molecule has 0 unspecified atom stereocenters. The zero-order valence-corrected chi connectivity index (χ0v) is 16.7. The molecule has 1 N–H and O–H groups in total. The molecule has 28 heavy (non-hydrogen) atoms. The van der Waals surface area contributed by atoms with E-state index in [-0.39, 0.29) is 0 Å². The van der Waals surface area contributed by atoms with E-state index in [1.807, 2.05) is 25.1 Å². The first-order valence-corrected chi connectivity index (χ1v) is 9.63. The van der Waals surface area contributed by atoms with Gasteiger partial charge >= 0.3 is 0 Å². The zero-order chi connectivity index (χ0) is 19.7. The van der Waals surface area contributed by atoms with Crippen LogP contribution >= 0.6 is 22.9 Å². The lowest BCUT2D eigenvalue weighted by Crippen LogP contribution is -2.12. The Kier molecular flexibility index (Phi) is 5.17. The summed E-state index contributed by atoms with van der Waals surface area (Å²) < 4.78 is 15.1. The van der Waals surface area contributed by atoms with Crippen LogP contribution in [0.3, 0.4) is 0 Å². The summed E-state index contributed by atoms with van der Waals surface area (Å²) in [5.74, 6) is 0.826. The van der Waals surface area contributed by atoms with E-state index in [4.69, 9.17) is 11.6 Å². The van der Waals surface area contributed by atoms with Gasteiger partial charge in [0.15, 0.2) is 5.82 Å². The first kappa shape index (κ1) is 18.7. The number of hydrogen-bond acceptors (Lipinski definition) is 7. The molecule has 0 amide bonds. The normalized spacial score (nSPS) is 11.3. The smallest absolute Gasteiger partial charge is 0.151 e. The van der Waals surface area contributed by atoms with Gasteiger partial charge in [0.2, 0.25) is 0 Å². The van der Waals surface area contributed by atoms with Crippen LogP contribution in [0.25, 0.3) is 20.8 Å². The van der Waals surface area contributed by atoms with Crippen LogP contribution in [0.5, 0.6) is 0 Å². The van der Waals surface area contributed by atoms with Crippen molar-refractivity contribution in [1.82, 2.24) is 24.8 Å². The summed E-state index contributed by atoms with van der Waals surface area (Å²) in [5, 5.41) is 4.05. The van der Waals surface area contributed by atoms with Gasteiger partial charge in [-0.05, 0) is 32.3 Å². The maximum absolute atomic E-state index is 14.3. The van der Waals surface area contributed by atoms with Gasteiger partial charge in [-0.1, -0.05) is 17.7 Å². The van der Waals surface area contributed by atoms with E-state index < -0.39 is 5.82 Å². The number of anilines is 2. The maximum atomic E-state index is 14.3. The minimum atomic E-state index is -0.404. The van der Waals surface area contributed by atoms with Crippen LogP contribution in [-0.2, 0) is 6.54 Å². The number of aromatic nitrogens is 4. The van der Waals surface area contributed by atoms with Gasteiger partial charge in [0, 0.05) is 18.8 Å². The molecule has 0 bridgehead atoms. The molecule has 0 saturated carbocycles. The van der Waals surface area contributed by atoms with Crippen LogP contribution in [0.15, 0.2) is 42.9 Å². The van der Waals surface area contributed by atoms with Crippen LogP contribution in [0.1, 0.15) is 5.69 Å². The quantitative estimate of drug-likeness (QED) is 0.508. The van der Waals surface area contributed by atoms with Crippen molar-refractivity contribution in [3.8, 4) is 10.6 Å². The maximum Gasteiger partial charge on any atom is 0.151 e. The fourth-order valence-electron chi connectivity index (χ4n) is 2.75. The molecule has 0 spiro atoms. The standard InChI is InChI=1S/C19H16ClFN6S/c1-27(2)9-11-8-15(24-10-23-11)26-18-17-14(6-7-22-18)25-19(28-17)16-12(20)4-3-5-13(16)21/h3-8,10H,9H2,1-2H3,(H,22,23,24,26). The van der Waals surface area contributed by atoms with Crippen molar-refractivity contribution < 1.29 is 4.39 Å². The highest BCUT2D eigenvalue weighted by Crippen LogP contribution is 2.38. The van der Waals surface area contributed by atoms with Gasteiger partial charge < -0.3 is 10.2 Å². The van der Waals surface area contributed by atoms with Gasteiger partial charge in [0.05, 0.1) is 26.5 Å². The molecule has 0 aliphatic rings. The highest BCUT2D eigenvalue weighted by atomic mass is 35.5. The van der Waals surface area contributed by atoms with Crippen molar-refractivity contribution >= 4 is 44.8 Å². The molecule has 0 atom stereocenters. The predicted molar refractivity (Wildman–Crippen MR) is 111 cm³/mol. The highest BCUT2D eigenvalue weighted by molar-refractivity contribution is 7.22. The Labute approximate surface area is 170 Å². The Bertz CT molecular complexity index is 1130. The van der Waals surface area contributed by atoms with Crippen molar-refractivity contribution in [2.45, 2.75) is 6.54 Å². The lowest BCUT2D eigenvalue weighted by atomic mass is 10.2. The molecule has 0 radical (unpaired) electrons. The fraction of sp³-hybridized carbons (Fsp3) is 0.158. The Hall–Kier alpha value is -2.68. The molecule has 1 aromatic carbocycles. The third-order valence-corrected chi connectivity index (χ3v) is 5.34. The summed E-state index contributed by atoms with van der Waals surface area (Å²) >= 11 is 7.52. The number of rotatable bonds is 5. The molecule has 9 heteroatoms. The van der Waals surface area contributed by atoms with Crippen LogP contribution in [0.4, 0.5) is 16.0 Å². The molecule has 0 aliphatic carbocycles. The zero-order valence-electron chi connectivity index (χ0n) is 15.1. The number of hydrogen-bond donors (Lipinski definition) is 1. The summed E-state index contributed by atoms with van der Waals surface area (Å²) in [7, 11) is 3.95. The van der Waals surface area contributed by atoms with Crippen molar-refractivity contribution in [2.24, 2.45) is 0 Å². The number of fused-ring (bicyclic) bond motifs is 1. The number of nitrogens with one attached hydrogen (secondary N) is 1. The second-order valence-corrected chi connectivity index (χ2v) is 7.79. The summed E-state index contributed by atoms with van der Waals surface area (Å²) in [6.45, 7) is 0.700. The molecule has 3 heterocycles. The van der Waals surface area contributed by atoms with Crippen molar-refractivity contribution in [3.05, 3.63) is 59.4 Å². The van der Waals surface area contributed by atoms with Crippen LogP contribution in [0, 0.1) is 5.82 Å². The first-order valence-electron chi connectivity index (χ1n) is 8.44. The summed E-state index contributed by atoms with van der Waals surface area (Å²) in [5.41, 5.74) is 1.89. The Morgan fingerprint density at radius 3 is 2.82 bits per heavy atom. The lowest BCUT2D eigenvalue weighted by Gasteiger charge is -2.10. The minimum absolute atomic E-state index is 0.298. The third kappa shape index (κ3) is 3.80. The average molecular weight is 415 g/mol. The van der Waals surface area contributed by atoms with Crippen molar-refractivity contribution in [1.29, 1.82) is 0 Å². The topological polar surface area (TPSA) is 66.8 Å². The number of benzene rings is 1. The van der Waals surface area contributed by atoms with Crippen LogP contribution in [-0.4, -0.2) is 38.9 Å². The number of pyridine rings is 1. The monoisotopic (exact) mass is 414 g/mol. The summed E-state index contributed by atoms with van der Waals surface area (Å²) in [6.07, 6.45) is 3.16. The summed E-state index contributed by atoms with van der Waals surface area (Å²) in [6, 6.07) is 8.25. The van der Waals surface area contributed by atoms with E-state index in [1.165, 1.54) is 23.7 Å². The lowest BCUT2D eigenvalue weighted by molar-refractivity contribution is 0.396. The highest BCUT2D eigenvalue weighted by Gasteiger charge is 2.17. The van der Waals surface area contributed by atoms with Crippen LogP contribution in [0.2, 0.25) is 5.02 Å². The molecule has 4 rings (SSSR count). The fourth-order valence-corrected chi connectivity index (χ4v) is 4.13. The molecule has 0 fully saturated rings. The van der Waals surface area contributed by atoms with Crippen LogP contribution < -0.4 is 5.32 Å². The van der Waals surface area contributed by atoms with E-state index in [1.54, 1.807) is 24.4 Å². The van der Waals surface area contributed by atoms with Gasteiger partial charge in [-0.15, -0.1) is 11.3 Å². The van der Waals surface area contributed by atoms with E-state index >= 15 is 0 Å². The Balaban J connectivity index is 1.72. The number of thiazole rings is 1. The second kappa shape index (κ2) is 7.75. The molecule has 6 nitrogen and oxygen atoms in total. The molecular formula is C19H16ClFN6S. The van der Waals surface area contributed by atoms with Crippen molar-refractivity contribution in [2.75, 3.05) is 19.4 Å². The largest absolute Gasteiger partial charge is 0.324 e. The van der Waals surface area contributed by atoms with Gasteiger partial charge in [-0.3, -0.25) is 0 Å².